The summed E-state index contributed by atoms with van der Waals surface area (Å²) in [4.78, 5) is 0. The first-order valence-electron chi connectivity index (χ1n) is 13.2. The molecule has 0 aromatic carbocycles. The summed E-state index contributed by atoms with van der Waals surface area (Å²) in [5, 5.41) is 25.5. The van der Waals surface area contributed by atoms with Crippen molar-refractivity contribution in [1.82, 2.24) is 5.32 Å². The molecule has 174 valence electrons. The second-order valence-electron chi connectivity index (χ2n) is 13.0. The minimum absolute atomic E-state index is 0.115. The predicted octanol–water partition coefficient (Wildman–Crippen LogP) is 4.26. The summed E-state index contributed by atoms with van der Waals surface area (Å²) >= 11 is 0. The zero-order valence-corrected chi connectivity index (χ0v) is 19.9. The van der Waals surface area contributed by atoms with Crippen LogP contribution in [0.15, 0.2) is 11.6 Å². The Morgan fingerprint density at radius 3 is 2.58 bits per heavy atom. The lowest BCUT2D eigenvalue weighted by Gasteiger charge is -2.59. The Labute approximate surface area is 188 Å². The van der Waals surface area contributed by atoms with Crippen molar-refractivity contribution in [2.75, 3.05) is 6.54 Å². The molecule has 2 saturated heterocycles. The average Bonchev–Trinajstić information content (AvgIpc) is 3.16. The molecule has 3 N–H and O–H groups in total. The molecule has 12 atom stereocenters. The van der Waals surface area contributed by atoms with Gasteiger partial charge in [-0.3, -0.25) is 5.32 Å². The topological polar surface area (TPSA) is 61.7 Å². The number of nitrogens with one attached hydrogen (secondary N) is 1. The van der Waals surface area contributed by atoms with Gasteiger partial charge in [-0.05, 0) is 91.8 Å². The van der Waals surface area contributed by atoms with Crippen LogP contribution in [-0.4, -0.2) is 40.8 Å². The molecule has 0 unspecified atom stereocenters. The van der Waals surface area contributed by atoms with Crippen LogP contribution in [0.2, 0.25) is 0 Å². The average molecular weight is 430 g/mol. The molecule has 3 saturated carbocycles. The van der Waals surface area contributed by atoms with Gasteiger partial charge in [0, 0.05) is 12.5 Å². The quantitative estimate of drug-likeness (QED) is 0.504. The third kappa shape index (κ3) is 2.74. The SMILES string of the molecule is C[C@H]1CC[C@]2(NC1)O[C@H]1C[C@H]3[C@@H]4[C@H](O)C=C5C[C@@H](O)CC[C@]5(C)[C@H]4CC[C@]3(C)[C@H]1[C@@H]2C. The van der Waals surface area contributed by atoms with Gasteiger partial charge in [-0.25, -0.2) is 0 Å². The van der Waals surface area contributed by atoms with E-state index in [2.05, 4.69) is 39.1 Å². The fourth-order valence-electron chi connectivity index (χ4n) is 9.83. The van der Waals surface area contributed by atoms with E-state index in [9.17, 15) is 10.2 Å². The number of hydrogen-bond donors (Lipinski definition) is 3. The predicted molar refractivity (Wildman–Crippen MR) is 121 cm³/mol. The monoisotopic (exact) mass is 429 g/mol. The molecule has 0 radical (unpaired) electrons. The third-order valence-electron chi connectivity index (χ3n) is 11.6. The van der Waals surface area contributed by atoms with Gasteiger partial charge < -0.3 is 14.9 Å². The molecular weight excluding hydrogens is 386 g/mol. The Balaban J connectivity index is 1.31. The Bertz CT molecular complexity index is 772. The fraction of sp³-hybridized carbons (Fsp3) is 0.926. The van der Waals surface area contributed by atoms with Crippen LogP contribution in [0.3, 0.4) is 0 Å². The molecule has 5 fully saturated rings. The van der Waals surface area contributed by atoms with Gasteiger partial charge in [0.15, 0.2) is 0 Å². The summed E-state index contributed by atoms with van der Waals surface area (Å²) in [5.74, 6) is 3.31. The van der Waals surface area contributed by atoms with E-state index in [0.29, 0.717) is 35.7 Å². The standard InChI is InChI=1S/C27H43NO3/c1-15-5-10-27(28-14-15)16(2)24-22(31-27)13-20-23-19(7-9-26(20,24)4)25(3)8-6-18(29)11-17(25)12-21(23)30/h12,15-16,18-24,28-30H,5-11,13-14H2,1-4H3/t15-,16-,18-,19-,20-,21+,22-,23+,24-,25-,26-,27-/m0/s1. The van der Waals surface area contributed by atoms with E-state index in [-0.39, 0.29) is 28.8 Å². The highest BCUT2D eigenvalue weighted by Crippen LogP contribution is 2.70. The molecule has 6 aliphatic rings. The van der Waals surface area contributed by atoms with Crippen molar-refractivity contribution in [3.8, 4) is 0 Å². The van der Waals surface area contributed by atoms with Crippen molar-refractivity contribution >= 4 is 0 Å². The lowest BCUT2D eigenvalue weighted by molar-refractivity contribution is -0.125. The normalized spacial score (nSPS) is 60.7. The second-order valence-corrected chi connectivity index (χ2v) is 13.0. The summed E-state index contributed by atoms with van der Waals surface area (Å²) < 4.78 is 6.95. The maximum atomic E-state index is 11.4. The van der Waals surface area contributed by atoms with E-state index in [4.69, 9.17) is 4.74 Å². The van der Waals surface area contributed by atoms with Crippen molar-refractivity contribution in [3.63, 3.8) is 0 Å². The van der Waals surface area contributed by atoms with Gasteiger partial charge in [0.25, 0.3) is 0 Å². The maximum absolute atomic E-state index is 11.4. The molecule has 0 aromatic rings. The molecule has 1 spiro atoms. The summed E-state index contributed by atoms with van der Waals surface area (Å²) in [6, 6.07) is 0. The highest BCUT2D eigenvalue weighted by Gasteiger charge is 2.69. The number of fused-ring (bicyclic) bond motifs is 7. The van der Waals surface area contributed by atoms with Crippen molar-refractivity contribution in [2.45, 2.75) is 103 Å². The molecule has 0 bridgehead atoms. The van der Waals surface area contributed by atoms with Gasteiger partial charge in [0.2, 0.25) is 0 Å². The zero-order chi connectivity index (χ0) is 21.8. The Morgan fingerprint density at radius 1 is 1.03 bits per heavy atom. The highest BCUT2D eigenvalue weighted by atomic mass is 16.5. The number of rotatable bonds is 0. The molecule has 6 rings (SSSR count). The van der Waals surface area contributed by atoms with Gasteiger partial charge in [-0.15, -0.1) is 0 Å². The van der Waals surface area contributed by atoms with Crippen molar-refractivity contribution in [1.29, 1.82) is 0 Å². The number of hydrogen-bond acceptors (Lipinski definition) is 4. The van der Waals surface area contributed by atoms with Crippen molar-refractivity contribution < 1.29 is 14.9 Å². The number of piperidine rings is 1. The van der Waals surface area contributed by atoms with Gasteiger partial charge in [-0.2, -0.15) is 0 Å². The van der Waals surface area contributed by atoms with Crippen LogP contribution in [-0.2, 0) is 4.74 Å². The van der Waals surface area contributed by atoms with Crippen LogP contribution < -0.4 is 5.32 Å². The Hall–Kier alpha value is -0.420. The van der Waals surface area contributed by atoms with Gasteiger partial charge in [0.1, 0.15) is 5.72 Å². The first-order valence-corrected chi connectivity index (χ1v) is 13.2. The first kappa shape index (κ1) is 21.1. The van der Waals surface area contributed by atoms with Gasteiger partial charge in [0.05, 0.1) is 18.3 Å². The van der Waals surface area contributed by atoms with E-state index in [0.717, 1.165) is 44.6 Å². The molecule has 4 nitrogen and oxygen atoms in total. The summed E-state index contributed by atoms with van der Waals surface area (Å²) in [6.45, 7) is 10.9. The summed E-state index contributed by atoms with van der Waals surface area (Å²) in [7, 11) is 0. The number of aliphatic hydroxyl groups is 2. The number of ether oxygens (including phenoxy) is 1. The van der Waals surface area contributed by atoms with Crippen LogP contribution in [0.1, 0.15) is 79.1 Å². The minimum Gasteiger partial charge on any atom is -0.393 e. The molecule has 2 aliphatic heterocycles. The van der Waals surface area contributed by atoms with E-state index >= 15 is 0 Å². The van der Waals surface area contributed by atoms with E-state index in [1.165, 1.54) is 24.8 Å². The van der Waals surface area contributed by atoms with E-state index < -0.39 is 0 Å². The maximum Gasteiger partial charge on any atom is 0.122 e. The molecule has 4 aliphatic carbocycles. The van der Waals surface area contributed by atoms with Crippen LogP contribution in [0.5, 0.6) is 0 Å². The fourth-order valence-corrected chi connectivity index (χ4v) is 9.83. The molecular formula is C27H43NO3. The Morgan fingerprint density at radius 2 is 1.84 bits per heavy atom. The lowest BCUT2D eigenvalue weighted by Crippen LogP contribution is -2.58. The molecule has 0 aromatic heterocycles. The smallest absolute Gasteiger partial charge is 0.122 e. The molecule has 0 amide bonds. The van der Waals surface area contributed by atoms with Crippen molar-refractivity contribution in [3.05, 3.63) is 11.6 Å². The van der Waals surface area contributed by atoms with Crippen LogP contribution in [0.4, 0.5) is 0 Å². The van der Waals surface area contributed by atoms with Crippen molar-refractivity contribution in [2.24, 2.45) is 46.3 Å². The highest BCUT2D eigenvalue weighted by molar-refractivity contribution is 5.28. The third-order valence-corrected chi connectivity index (χ3v) is 11.6. The largest absolute Gasteiger partial charge is 0.393 e. The summed E-state index contributed by atoms with van der Waals surface area (Å²) in [5.41, 5.74) is 1.65. The zero-order valence-electron chi connectivity index (χ0n) is 19.9. The second kappa shape index (κ2) is 6.81. The number of aliphatic hydroxyl groups excluding tert-OH is 2. The lowest BCUT2D eigenvalue weighted by atomic mass is 9.46. The summed E-state index contributed by atoms with van der Waals surface area (Å²) in [6.07, 6.45) is 10.7. The first-order chi connectivity index (χ1) is 14.7. The van der Waals surface area contributed by atoms with Crippen LogP contribution in [0, 0.1) is 46.3 Å². The molecule has 31 heavy (non-hydrogen) atoms. The van der Waals surface area contributed by atoms with Gasteiger partial charge in [-0.1, -0.05) is 39.3 Å². The molecule has 2 heterocycles. The van der Waals surface area contributed by atoms with E-state index in [1.54, 1.807) is 0 Å². The Kier molecular flexibility index (Phi) is 4.64. The van der Waals surface area contributed by atoms with Crippen LogP contribution >= 0.6 is 0 Å². The van der Waals surface area contributed by atoms with E-state index in [1.807, 2.05) is 0 Å². The molecule has 4 heteroatoms. The minimum atomic E-state index is -0.361. The van der Waals surface area contributed by atoms with Gasteiger partial charge >= 0.3 is 0 Å². The van der Waals surface area contributed by atoms with Crippen LogP contribution in [0.25, 0.3) is 0 Å².